The smallest absolute Gasteiger partial charge is 0.481 e. The summed E-state index contributed by atoms with van der Waals surface area (Å²) in [7, 11) is 1.92. The minimum Gasteiger partial charge on any atom is -0.481 e. The summed E-state index contributed by atoms with van der Waals surface area (Å²) < 4.78 is 41.7. The van der Waals surface area contributed by atoms with Crippen molar-refractivity contribution in [3.8, 4) is 5.75 Å². The van der Waals surface area contributed by atoms with Crippen molar-refractivity contribution in [2.45, 2.75) is 71.6 Å². The van der Waals surface area contributed by atoms with Gasteiger partial charge in [0, 0.05) is 30.9 Å². The first-order chi connectivity index (χ1) is 16.8. The Kier molecular flexibility index (Phi) is 6.99. The maximum absolute atomic E-state index is 12.6. The van der Waals surface area contributed by atoms with Gasteiger partial charge in [-0.1, -0.05) is 20.8 Å². The number of hydrogen-bond acceptors (Lipinski definition) is 6. The van der Waals surface area contributed by atoms with Gasteiger partial charge in [-0.25, -0.2) is 4.98 Å². The fourth-order valence-electron chi connectivity index (χ4n) is 5.72. The van der Waals surface area contributed by atoms with E-state index in [1.807, 2.05) is 24.1 Å². The Hall–Kier alpha value is -3.17. The Bertz CT molecular complexity index is 1090. The molecule has 196 valence electrons. The van der Waals surface area contributed by atoms with Crippen molar-refractivity contribution in [3.05, 3.63) is 42.1 Å². The number of alkyl halides is 3. The van der Waals surface area contributed by atoms with Gasteiger partial charge >= 0.3 is 12.3 Å². The number of benzene rings is 1. The van der Waals surface area contributed by atoms with E-state index < -0.39 is 12.3 Å². The van der Waals surface area contributed by atoms with Crippen LogP contribution in [0.3, 0.4) is 0 Å². The molecule has 3 atom stereocenters. The summed E-state index contributed by atoms with van der Waals surface area (Å²) in [6.45, 7) is 6.83. The summed E-state index contributed by atoms with van der Waals surface area (Å²) >= 11 is 0. The number of pyridine rings is 1. The van der Waals surface area contributed by atoms with Crippen molar-refractivity contribution in [1.82, 2.24) is 4.98 Å². The normalized spacial score (nSPS) is 23.4. The number of anilines is 3. The number of aliphatic carboxylic acids is 1. The van der Waals surface area contributed by atoms with Crippen molar-refractivity contribution >= 4 is 23.2 Å². The van der Waals surface area contributed by atoms with E-state index in [1.165, 1.54) is 12.1 Å². The van der Waals surface area contributed by atoms with Gasteiger partial charge in [0.25, 0.3) is 0 Å². The largest absolute Gasteiger partial charge is 0.573 e. The number of fused-ring (bicyclic) bond motifs is 1. The van der Waals surface area contributed by atoms with Crippen molar-refractivity contribution in [3.63, 3.8) is 0 Å². The van der Waals surface area contributed by atoms with E-state index >= 15 is 0 Å². The van der Waals surface area contributed by atoms with E-state index in [1.54, 1.807) is 12.1 Å². The first-order valence-electron chi connectivity index (χ1n) is 12.2. The van der Waals surface area contributed by atoms with Gasteiger partial charge in [-0.05, 0) is 67.0 Å². The zero-order valence-corrected chi connectivity index (χ0v) is 21.0. The number of carboxylic acid groups (broad SMARTS) is 1. The lowest BCUT2D eigenvalue weighted by Gasteiger charge is -2.46. The van der Waals surface area contributed by atoms with E-state index in [9.17, 15) is 18.0 Å². The van der Waals surface area contributed by atoms with E-state index in [0.717, 1.165) is 30.8 Å². The molecule has 0 spiro atoms. The van der Waals surface area contributed by atoms with Crippen LogP contribution in [0.25, 0.3) is 0 Å². The zero-order chi connectivity index (χ0) is 26.3. The second-order valence-electron chi connectivity index (χ2n) is 10.7. The number of hydrogen-bond donors (Lipinski definition) is 2. The molecule has 1 aliphatic carbocycles. The topological polar surface area (TPSA) is 77.9 Å². The van der Waals surface area contributed by atoms with Crippen LogP contribution in [0.2, 0.25) is 0 Å². The molecule has 1 aliphatic heterocycles. The molecule has 0 amide bonds. The number of rotatable bonds is 7. The number of aromatic nitrogens is 1. The Labute approximate surface area is 209 Å². The molecular weight excluding hydrogens is 473 g/mol. The number of nitrogens with one attached hydrogen (secondary N) is 1. The van der Waals surface area contributed by atoms with Gasteiger partial charge in [-0.2, -0.15) is 0 Å². The Morgan fingerprint density at radius 2 is 1.89 bits per heavy atom. The molecule has 4 rings (SSSR count). The quantitative estimate of drug-likeness (QED) is 0.487. The van der Waals surface area contributed by atoms with Crippen LogP contribution < -0.4 is 19.9 Å². The minimum absolute atomic E-state index is 0.00156. The maximum Gasteiger partial charge on any atom is 0.573 e. The molecule has 0 saturated heterocycles. The summed E-state index contributed by atoms with van der Waals surface area (Å²) in [4.78, 5) is 20.2. The SMILES string of the molecule is C[C@@H]1C[C@H](N2c3ccc(CCC(=O)O)nc3N(C)C2Nc2ccc(OC(F)(F)F)cc2)CC(C)(C)C1. The van der Waals surface area contributed by atoms with Crippen LogP contribution in [0, 0.1) is 11.3 Å². The third-order valence-corrected chi connectivity index (χ3v) is 6.89. The van der Waals surface area contributed by atoms with Crippen LogP contribution in [-0.2, 0) is 11.2 Å². The van der Waals surface area contributed by atoms with Crippen LogP contribution in [0.15, 0.2) is 36.4 Å². The number of ether oxygens (including phenoxy) is 1. The summed E-state index contributed by atoms with van der Waals surface area (Å²) in [5.74, 6) is 0.141. The van der Waals surface area contributed by atoms with Crippen LogP contribution in [-0.4, -0.2) is 41.8 Å². The predicted molar refractivity (Wildman–Crippen MR) is 132 cm³/mol. The van der Waals surface area contributed by atoms with Crippen molar-refractivity contribution in [2.24, 2.45) is 11.3 Å². The molecule has 1 aromatic carbocycles. The fraction of sp³-hybridized carbons (Fsp3) is 0.538. The lowest BCUT2D eigenvalue weighted by Crippen LogP contribution is -2.54. The second kappa shape index (κ2) is 9.71. The van der Waals surface area contributed by atoms with Gasteiger partial charge in [0.15, 0.2) is 12.1 Å². The fourth-order valence-corrected chi connectivity index (χ4v) is 5.72. The van der Waals surface area contributed by atoms with Gasteiger partial charge in [0.1, 0.15) is 5.75 Å². The van der Waals surface area contributed by atoms with Crippen molar-refractivity contribution in [1.29, 1.82) is 0 Å². The maximum atomic E-state index is 12.6. The Balaban J connectivity index is 1.64. The molecule has 36 heavy (non-hydrogen) atoms. The van der Waals surface area contributed by atoms with Crippen LogP contribution in [0.4, 0.5) is 30.4 Å². The molecule has 2 aliphatic rings. The highest BCUT2D eigenvalue weighted by Gasteiger charge is 2.43. The molecule has 1 aromatic heterocycles. The molecule has 1 unspecified atom stereocenters. The lowest BCUT2D eigenvalue weighted by atomic mass is 9.70. The number of aryl methyl sites for hydroxylation is 1. The molecule has 10 heteroatoms. The average Bonchev–Trinajstić information content (AvgIpc) is 3.02. The highest BCUT2D eigenvalue weighted by molar-refractivity contribution is 5.76. The number of carbonyl (C=O) groups is 1. The van der Waals surface area contributed by atoms with Crippen LogP contribution in [0.5, 0.6) is 5.75 Å². The van der Waals surface area contributed by atoms with Gasteiger partial charge in [0.2, 0.25) is 0 Å². The third kappa shape index (κ3) is 5.96. The van der Waals surface area contributed by atoms with Crippen LogP contribution in [0.1, 0.15) is 52.1 Å². The molecule has 1 saturated carbocycles. The van der Waals surface area contributed by atoms with Crippen molar-refractivity contribution in [2.75, 3.05) is 22.2 Å². The Morgan fingerprint density at radius 3 is 2.50 bits per heavy atom. The molecule has 2 heterocycles. The van der Waals surface area contributed by atoms with Gasteiger partial charge < -0.3 is 25.0 Å². The first-order valence-corrected chi connectivity index (χ1v) is 12.2. The van der Waals surface area contributed by atoms with Gasteiger partial charge in [-0.15, -0.1) is 13.2 Å². The van der Waals surface area contributed by atoms with Gasteiger partial charge in [-0.3, -0.25) is 4.79 Å². The predicted octanol–water partition coefficient (Wildman–Crippen LogP) is 5.86. The summed E-state index contributed by atoms with van der Waals surface area (Å²) in [5, 5.41) is 12.5. The van der Waals surface area contributed by atoms with Crippen molar-refractivity contribution < 1.29 is 27.8 Å². The number of carboxylic acids is 1. The number of halogens is 3. The molecule has 0 radical (unpaired) electrons. The highest BCUT2D eigenvalue weighted by Crippen LogP contribution is 2.46. The van der Waals surface area contributed by atoms with E-state index in [2.05, 4.69) is 35.7 Å². The summed E-state index contributed by atoms with van der Waals surface area (Å²) in [6.07, 6.45) is -1.58. The molecular formula is C26H33F3N4O3. The second-order valence-corrected chi connectivity index (χ2v) is 10.7. The molecule has 2 aromatic rings. The van der Waals surface area contributed by atoms with E-state index in [0.29, 0.717) is 23.7 Å². The first kappa shape index (κ1) is 25.9. The summed E-state index contributed by atoms with van der Waals surface area (Å²) in [6, 6.07) is 9.82. The standard InChI is InChI=1S/C26H33F3N4O3/c1-16-13-19(15-25(2,3)14-16)33-21-11-7-17(8-12-22(34)35)30-23(21)32(4)24(33)31-18-5-9-20(10-6-18)36-26(27,28)29/h5-7,9-11,16,19,24,31H,8,12-15H2,1-4H3,(H,34,35)/t16-,19+,24?/m1/s1. The van der Waals surface area contributed by atoms with Crippen LogP contribution >= 0.6 is 0 Å². The minimum atomic E-state index is -4.74. The third-order valence-electron chi connectivity index (χ3n) is 6.89. The highest BCUT2D eigenvalue weighted by atomic mass is 19.4. The Morgan fingerprint density at radius 1 is 1.19 bits per heavy atom. The molecule has 7 nitrogen and oxygen atoms in total. The van der Waals surface area contributed by atoms with E-state index in [-0.39, 0.29) is 29.9 Å². The number of nitrogens with zero attached hydrogens (tertiary/aromatic N) is 3. The molecule has 0 bridgehead atoms. The molecule has 1 fully saturated rings. The van der Waals surface area contributed by atoms with Gasteiger partial charge in [0.05, 0.1) is 12.1 Å². The lowest BCUT2D eigenvalue weighted by molar-refractivity contribution is -0.274. The monoisotopic (exact) mass is 506 g/mol. The summed E-state index contributed by atoms with van der Waals surface area (Å²) in [5.41, 5.74) is 2.48. The average molecular weight is 507 g/mol. The molecule has 2 N–H and O–H groups in total. The zero-order valence-electron chi connectivity index (χ0n) is 21.0. The van der Waals surface area contributed by atoms with E-state index in [4.69, 9.17) is 10.1 Å².